The summed E-state index contributed by atoms with van der Waals surface area (Å²) in [5.41, 5.74) is 1.57. The Balaban J connectivity index is 2.72. The molecule has 0 aliphatic rings. The first-order chi connectivity index (χ1) is 8.49. The van der Waals surface area contributed by atoms with Crippen LogP contribution in [0.2, 0.25) is 0 Å². The fraction of sp³-hybridized carbons (Fsp3) is 0.500. The van der Waals surface area contributed by atoms with Gasteiger partial charge in [0.25, 0.3) is 0 Å². The monoisotopic (exact) mass is 272 g/mol. The van der Waals surface area contributed by atoms with Gasteiger partial charge in [0.2, 0.25) is 10.0 Å². The molecule has 1 atom stereocenters. The first-order valence-corrected chi connectivity index (χ1v) is 7.28. The molecule has 1 rings (SSSR count). The van der Waals surface area contributed by atoms with Crippen molar-refractivity contribution in [1.82, 2.24) is 5.32 Å². The van der Waals surface area contributed by atoms with Gasteiger partial charge in [-0.25, -0.2) is 8.42 Å². The third-order valence-electron chi connectivity index (χ3n) is 2.55. The molecular weight excluding hydrogens is 252 g/mol. The molecule has 0 radical (unpaired) electrons. The van der Waals surface area contributed by atoms with E-state index in [0.29, 0.717) is 18.8 Å². The Morgan fingerprint density at radius 3 is 2.39 bits per heavy atom. The highest BCUT2D eigenvalue weighted by molar-refractivity contribution is 7.93. The van der Waals surface area contributed by atoms with E-state index in [2.05, 4.69) is 10.0 Å². The fourth-order valence-electron chi connectivity index (χ4n) is 1.50. The van der Waals surface area contributed by atoms with Crippen LogP contribution >= 0.6 is 0 Å². The summed E-state index contributed by atoms with van der Waals surface area (Å²) in [6.45, 7) is 2.60. The number of hydrogen-bond acceptors (Lipinski definition) is 4. The lowest BCUT2D eigenvalue weighted by Gasteiger charge is -2.14. The van der Waals surface area contributed by atoms with E-state index in [0.717, 1.165) is 5.56 Å². The summed E-state index contributed by atoms with van der Waals surface area (Å²) in [4.78, 5) is 0. The van der Waals surface area contributed by atoms with Gasteiger partial charge in [-0.05, 0) is 31.7 Å². The first kappa shape index (κ1) is 14.9. The zero-order valence-corrected chi connectivity index (χ0v) is 11.8. The van der Waals surface area contributed by atoms with Crippen LogP contribution in [-0.4, -0.2) is 34.4 Å². The Bertz CT molecular complexity index is 457. The van der Waals surface area contributed by atoms with Gasteiger partial charge in [-0.15, -0.1) is 0 Å². The summed E-state index contributed by atoms with van der Waals surface area (Å²) < 4.78 is 31.4. The van der Waals surface area contributed by atoms with E-state index in [4.69, 9.17) is 4.74 Å². The minimum absolute atomic E-state index is 0.414. The summed E-state index contributed by atoms with van der Waals surface area (Å²) in [7, 11) is 0.00445. The Labute approximate surface area is 109 Å². The number of hydrogen-bond donors (Lipinski definition) is 2. The molecule has 0 saturated heterocycles. The second-order valence-corrected chi connectivity index (χ2v) is 6.24. The summed E-state index contributed by atoms with van der Waals surface area (Å²) >= 11 is 0. The lowest BCUT2D eigenvalue weighted by Crippen LogP contribution is -2.33. The predicted molar refractivity (Wildman–Crippen MR) is 73.1 cm³/mol. The third kappa shape index (κ3) is 4.29. The maximum Gasteiger partial charge on any atom is 0.236 e. The van der Waals surface area contributed by atoms with Crippen molar-refractivity contribution in [1.29, 1.82) is 0 Å². The summed E-state index contributed by atoms with van der Waals surface area (Å²) in [6.07, 6.45) is 0. The smallest absolute Gasteiger partial charge is 0.236 e. The Kier molecular flexibility index (Phi) is 5.58. The molecule has 0 bridgehead atoms. The fourth-order valence-corrected chi connectivity index (χ4v) is 2.55. The Hall–Kier alpha value is -1.11. The van der Waals surface area contributed by atoms with Gasteiger partial charge >= 0.3 is 0 Å². The van der Waals surface area contributed by atoms with Crippen molar-refractivity contribution >= 4 is 15.7 Å². The van der Waals surface area contributed by atoms with Gasteiger partial charge in [0.1, 0.15) is 0 Å². The van der Waals surface area contributed by atoms with Crippen molar-refractivity contribution < 1.29 is 13.2 Å². The van der Waals surface area contributed by atoms with Crippen LogP contribution in [0.3, 0.4) is 0 Å². The van der Waals surface area contributed by atoms with E-state index < -0.39 is 15.3 Å². The largest absolute Gasteiger partial charge is 0.380 e. The van der Waals surface area contributed by atoms with Crippen molar-refractivity contribution in [3.8, 4) is 0 Å². The highest BCUT2D eigenvalue weighted by Gasteiger charge is 2.19. The normalized spacial score (nSPS) is 13.3. The highest BCUT2D eigenvalue weighted by Crippen LogP contribution is 2.13. The topological polar surface area (TPSA) is 67.4 Å². The van der Waals surface area contributed by atoms with E-state index in [9.17, 15) is 8.42 Å². The van der Waals surface area contributed by atoms with Crippen LogP contribution in [0.1, 0.15) is 12.5 Å². The second kappa shape index (κ2) is 6.72. The van der Waals surface area contributed by atoms with Crippen LogP contribution in [0, 0.1) is 0 Å². The number of anilines is 1. The summed E-state index contributed by atoms with van der Waals surface area (Å²) in [5, 5.41) is 2.36. The number of methoxy groups -OCH3 is 1. The number of rotatable bonds is 7. The van der Waals surface area contributed by atoms with Crippen LogP contribution < -0.4 is 10.0 Å². The van der Waals surface area contributed by atoms with Gasteiger partial charge in [0, 0.05) is 19.3 Å². The molecule has 0 fully saturated rings. The van der Waals surface area contributed by atoms with Gasteiger partial charge in [-0.3, -0.25) is 4.72 Å². The number of ether oxygens (including phenoxy) is 1. The maximum absolute atomic E-state index is 11.9. The van der Waals surface area contributed by atoms with E-state index in [1.165, 1.54) is 0 Å². The second-order valence-electron chi connectivity index (χ2n) is 4.15. The molecule has 6 heteroatoms. The molecule has 18 heavy (non-hydrogen) atoms. The quantitative estimate of drug-likeness (QED) is 0.782. The van der Waals surface area contributed by atoms with Crippen molar-refractivity contribution in [2.45, 2.75) is 18.8 Å². The first-order valence-electron chi connectivity index (χ1n) is 5.73. The van der Waals surface area contributed by atoms with Crippen LogP contribution in [-0.2, 0) is 21.4 Å². The molecule has 1 aromatic rings. The molecule has 0 aromatic heterocycles. The molecular formula is C12H20N2O3S. The van der Waals surface area contributed by atoms with E-state index in [1.807, 2.05) is 12.1 Å². The van der Waals surface area contributed by atoms with Gasteiger partial charge < -0.3 is 10.1 Å². The molecule has 0 spiro atoms. The molecule has 0 heterocycles. The molecule has 0 aliphatic carbocycles. The van der Waals surface area contributed by atoms with Crippen molar-refractivity contribution in [3.05, 3.63) is 29.8 Å². The lowest BCUT2D eigenvalue weighted by molar-refractivity contribution is 0.185. The van der Waals surface area contributed by atoms with Gasteiger partial charge in [-0.2, -0.15) is 0 Å². The van der Waals surface area contributed by atoms with E-state index in [1.54, 1.807) is 33.2 Å². The Morgan fingerprint density at radius 2 is 1.89 bits per heavy atom. The molecule has 102 valence electrons. The molecule has 2 N–H and O–H groups in total. The lowest BCUT2D eigenvalue weighted by atomic mass is 10.2. The number of benzene rings is 1. The Morgan fingerprint density at radius 1 is 1.28 bits per heavy atom. The van der Waals surface area contributed by atoms with Crippen LogP contribution in [0.25, 0.3) is 0 Å². The average Bonchev–Trinajstić information content (AvgIpc) is 2.32. The van der Waals surface area contributed by atoms with E-state index >= 15 is 0 Å². The molecule has 1 unspecified atom stereocenters. The summed E-state index contributed by atoms with van der Waals surface area (Å²) in [6, 6.07) is 7.14. The molecule has 1 aromatic carbocycles. The van der Waals surface area contributed by atoms with Crippen LogP contribution in [0.15, 0.2) is 24.3 Å². The zero-order chi connectivity index (χ0) is 13.6. The van der Waals surface area contributed by atoms with Crippen LogP contribution in [0.5, 0.6) is 0 Å². The zero-order valence-electron chi connectivity index (χ0n) is 10.9. The minimum atomic E-state index is -3.34. The van der Waals surface area contributed by atoms with Gasteiger partial charge in [0.05, 0.1) is 11.9 Å². The predicted octanol–water partition coefficient (Wildman–Crippen LogP) is 1.18. The van der Waals surface area contributed by atoms with E-state index in [-0.39, 0.29) is 0 Å². The summed E-state index contributed by atoms with van der Waals surface area (Å²) in [5.74, 6) is 0. The average molecular weight is 272 g/mol. The molecule has 0 amide bonds. The molecule has 0 aliphatic heterocycles. The SMILES string of the molecule is CNCC(C)S(=O)(=O)Nc1ccc(COC)cc1. The van der Waals surface area contributed by atoms with Crippen LogP contribution in [0.4, 0.5) is 5.69 Å². The van der Waals surface area contributed by atoms with Gasteiger partial charge in [0.15, 0.2) is 0 Å². The van der Waals surface area contributed by atoms with Crippen molar-refractivity contribution in [2.24, 2.45) is 0 Å². The third-order valence-corrected chi connectivity index (χ3v) is 4.29. The number of sulfonamides is 1. The maximum atomic E-state index is 11.9. The van der Waals surface area contributed by atoms with Crippen molar-refractivity contribution in [3.63, 3.8) is 0 Å². The molecule has 0 saturated carbocycles. The van der Waals surface area contributed by atoms with Gasteiger partial charge in [-0.1, -0.05) is 12.1 Å². The standard InChI is InChI=1S/C12H20N2O3S/c1-10(8-13-2)18(15,16)14-12-6-4-11(5-7-12)9-17-3/h4-7,10,13-14H,8-9H2,1-3H3. The van der Waals surface area contributed by atoms with Crippen molar-refractivity contribution in [2.75, 3.05) is 25.4 Å². The highest BCUT2D eigenvalue weighted by atomic mass is 32.2. The number of nitrogens with one attached hydrogen (secondary N) is 2. The molecule has 5 nitrogen and oxygen atoms in total. The minimum Gasteiger partial charge on any atom is -0.380 e.